The van der Waals surface area contributed by atoms with E-state index in [2.05, 4.69) is 18.7 Å². The van der Waals surface area contributed by atoms with Crippen LogP contribution in [0.5, 0.6) is 0 Å². The summed E-state index contributed by atoms with van der Waals surface area (Å²) in [5, 5.41) is 10.7. The zero-order valence-corrected chi connectivity index (χ0v) is 12.2. The Balaban J connectivity index is 2.11. The molecule has 0 aliphatic carbocycles. The zero-order valence-electron chi connectivity index (χ0n) is 12.2. The number of hydrogen-bond acceptors (Lipinski definition) is 2. The van der Waals surface area contributed by atoms with Crippen LogP contribution >= 0.6 is 0 Å². The highest BCUT2D eigenvalue weighted by molar-refractivity contribution is 5.21. The largest absolute Gasteiger partial charge is 0.389 e. The van der Waals surface area contributed by atoms with Gasteiger partial charge in [0.1, 0.15) is 11.6 Å². The minimum Gasteiger partial charge on any atom is -0.389 e. The van der Waals surface area contributed by atoms with Gasteiger partial charge in [0.05, 0.1) is 5.60 Å². The van der Waals surface area contributed by atoms with Crippen LogP contribution in [0.15, 0.2) is 18.2 Å². The van der Waals surface area contributed by atoms with E-state index in [-0.39, 0.29) is 12.0 Å². The topological polar surface area (TPSA) is 23.5 Å². The molecule has 112 valence electrons. The van der Waals surface area contributed by atoms with Gasteiger partial charge in [-0.2, -0.15) is 0 Å². The van der Waals surface area contributed by atoms with Gasteiger partial charge in [0.25, 0.3) is 0 Å². The lowest BCUT2D eigenvalue weighted by Gasteiger charge is -2.28. The third-order valence-corrected chi connectivity index (χ3v) is 4.25. The number of nitrogens with zero attached hydrogens (tertiary/aromatic N) is 1. The second-order valence-corrected chi connectivity index (χ2v) is 6.08. The molecule has 1 atom stereocenters. The van der Waals surface area contributed by atoms with Crippen LogP contribution in [0, 0.1) is 11.6 Å². The summed E-state index contributed by atoms with van der Waals surface area (Å²) in [6.45, 7) is 5.95. The van der Waals surface area contributed by atoms with Gasteiger partial charge in [-0.25, -0.2) is 8.78 Å². The van der Waals surface area contributed by atoms with Gasteiger partial charge < -0.3 is 10.0 Å². The second-order valence-electron chi connectivity index (χ2n) is 6.08. The van der Waals surface area contributed by atoms with Gasteiger partial charge in [0.15, 0.2) is 0 Å². The Hall–Kier alpha value is -1.00. The number of hydrogen-bond donors (Lipinski definition) is 1. The summed E-state index contributed by atoms with van der Waals surface area (Å²) in [5.74, 6) is -1.13. The average Bonchev–Trinajstić information content (AvgIpc) is 2.57. The minimum absolute atomic E-state index is 0.00740. The van der Waals surface area contributed by atoms with Crippen molar-refractivity contribution in [2.75, 3.05) is 13.1 Å². The molecule has 20 heavy (non-hydrogen) atoms. The summed E-state index contributed by atoms with van der Waals surface area (Å²) in [5.41, 5.74) is -1.000. The van der Waals surface area contributed by atoms with Gasteiger partial charge in [0, 0.05) is 24.6 Å². The van der Waals surface area contributed by atoms with Crippen molar-refractivity contribution >= 4 is 0 Å². The molecule has 0 amide bonds. The summed E-state index contributed by atoms with van der Waals surface area (Å²) in [4.78, 5) is 2.30. The first-order chi connectivity index (χ1) is 9.41. The highest BCUT2D eigenvalue weighted by Gasteiger charge is 2.32. The molecule has 2 nitrogen and oxygen atoms in total. The van der Waals surface area contributed by atoms with Crippen molar-refractivity contribution in [1.29, 1.82) is 0 Å². The van der Waals surface area contributed by atoms with Gasteiger partial charge in [-0.3, -0.25) is 0 Å². The molecule has 0 spiro atoms. The first-order valence-corrected chi connectivity index (χ1v) is 7.31. The van der Waals surface area contributed by atoms with E-state index >= 15 is 0 Å². The van der Waals surface area contributed by atoms with Crippen LogP contribution < -0.4 is 0 Å². The monoisotopic (exact) mass is 283 g/mol. The van der Waals surface area contributed by atoms with Crippen LogP contribution in [0.1, 0.15) is 38.7 Å². The highest BCUT2D eigenvalue weighted by Crippen LogP contribution is 2.29. The summed E-state index contributed by atoms with van der Waals surface area (Å²) >= 11 is 0. The van der Waals surface area contributed by atoms with Crippen LogP contribution in [-0.2, 0) is 6.42 Å². The molecule has 0 bridgehead atoms. The third-order valence-electron chi connectivity index (χ3n) is 4.25. The van der Waals surface area contributed by atoms with Gasteiger partial charge in [0.2, 0.25) is 0 Å². The number of halogens is 2. The summed E-state index contributed by atoms with van der Waals surface area (Å²) in [6.07, 6.45) is 2.05. The maximum Gasteiger partial charge on any atom is 0.129 e. The molecular formula is C16H23F2NO. The smallest absolute Gasteiger partial charge is 0.129 e. The lowest BCUT2D eigenvalue weighted by molar-refractivity contribution is 0.0233. The molecule has 1 heterocycles. The van der Waals surface area contributed by atoms with Crippen LogP contribution in [0.4, 0.5) is 8.78 Å². The van der Waals surface area contributed by atoms with E-state index in [9.17, 15) is 13.9 Å². The molecule has 1 saturated heterocycles. The number of aliphatic hydroxyl groups is 1. The molecule has 1 aliphatic heterocycles. The molecule has 0 aromatic heterocycles. The summed E-state index contributed by atoms with van der Waals surface area (Å²) in [7, 11) is 0. The Kier molecular flexibility index (Phi) is 4.76. The van der Waals surface area contributed by atoms with Gasteiger partial charge in [-0.15, -0.1) is 0 Å². The van der Waals surface area contributed by atoms with E-state index < -0.39 is 17.2 Å². The van der Waals surface area contributed by atoms with Crippen molar-refractivity contribution in [2.45, 2.75) is 51.2 Å². The molecule has 1 aromatic rings. The van der Waals surface area contributed by atoms with Crippen LogP contribution in [0.2, 0.25) is 0 Å². The fourth-order valence-electron chi connectivity index (χ4n) is 2.92. The minimum atomic E-state index is -1.01. The number of likely N-dealkylation sites (tertiary alicyclic amines) is 1. The maximum atomic E-state index is 13.7. The van der Waals surface area contributed by atoms with E-state index in [1.165, 1.54) is 18.2 Å². The number of rotatable bonds is 3. The molecule has 4 heteroatoms. The van der Waals surface area contributed by atoms with Crippen molar-refractivity contribution in [3.8, 4) is 0 Å². The van der Waals surface area contributed by atoms with Crippen molar-refractivity contribution in [1.82, 2.24) is 4.90 Å². The van der Waals surface area contributed by atoms with Gasteiger partial charge in [-0.1, -0.05) is 6.07 Å². The van der Waals surface area contributed by atoms with E-state index in [4.69, 9.17) is 0 Å². The van der Waals surface area contributed by atoms with Gasteiger partial charge in [-0.05, 0) is 51.8 Å². The predicted octanol–water partition coefficient (Wildman–Crippen LogP) is 3.13. The summed E-state index contributed by atoms with van der Waals surface area (Å²) in [6, 6.07) is 4.28. The fourth-order valence-corrected chi connectivity index (χ4v) is 2.92. The molecular weight excluding hydrogens is 260 g/mol. The molecule has 0 saturated carbocycles. The normalized spacial score (nSPS) is 24.9. The SMILES string of the molecule is CC(C)N1CCCC(O)(Cc2c(F)cccc2F)CC1. The van der Waals surface area contributed by atoms with Crippen molar-refractivity contribution in [3.05, 3.63) is 35.4 Å². The first-order valence-electron chi connectivity index (χ1n) is 7.31. The van der Waals surface area contributed by atoms with Crippen LogP contribution in [0.25, 0.3) is 0 Å². The molecule has 1 aliphatic rings. The first kappa shape index (κ1) is 15.4. The van der Waals surface area contributed by atoms with Crippen molar-refractivity contribution in [2.24, 2.45) is 0 Å². The standard InChI is InChI=1S/C16H23F2NO/c1-12(2)19-9-4-7-16(20,8-10-19)11-13-14(17)5-3-6-15(13)18/h3,5-6,12,20H,4,7-11H2,1-2H3. The number of benzene rings is 1. The molecule has 1 fully saturated rings. The average molecular weight is 283 g/mol. The quantitative estimate of drug-likeness (QED) is 0.921. The Morgan fingerprint density at radius 2 is 1.85 bits per heavy atom. The Morgan fingerprint density at radius 3 is 2.45 bits per heavy atom. The molecule has 1 N–H and O–H groups in total. The fraction of sp³-hybridized carbons (Fsp3) is 0.625. The van der Waals surface area contributed by atoms with E-state index in [1.807, 2.05) is 0 Å². The van der Waals surface area contributed by atoms with Crippen LogP contribution in [-0.4, -0.2) is 34.7 Å². The molecule has 2 rings (SSSR count). The van der Waals surface area contributed by atoms with Crippen LogP contribution in [0.3, 0.4) is 0 Å². The van der Waals surface area contributed by atoms with Crippen molar-refractivity contribution < 1.29 is 13.9 Å². The zero-order chi connectivity index (χ0) is 14.8. The Bertz CT molecular complexity index is 444. The molecule has 1 aromatic carbocycles. The van der Waals surface area contributed by atoms with E-state index in [0.29, 0.717) is 18.9 Å². The molecule has 0 radical (unpaired) electrons. The summed E-state index contributed by atoms with van der Waals surface area (Å²) < 4.78 is 27.4. The predicted molar refractivity (Wildman–Crippen MR) is 75.6 cm³/mol. The second kappa shape index (κ2) is 6.19. The van der Waals surface area contributed by atoms with E-state index in [1.54, 1.807) is 0 Å². The van der Waals surface area contributed by atoms with Gasteiger partial charge >= 0.3 is 0 Å². The molecule has 1 unspecified atom stereocenters. The Labute approximate surface area is 119 Å². The van der Waals surface area contributed by atoms with E-state index in [0.717, 1.165) is 19.5 Å². The highest BCUT2D eigenvalue weighted by atomic mass is 19.1. The third kappa shape index (κ3) is 3.55. The maximum absolute atomic E-state index is 13.7. The van der Waals surface area contributed by atoms with Crippen molar-refractivity contribution in [3.63, 3.8) is 0 Å². The lowest BCUT2D eigenvalue weighted by Crippen LogP contribution is -2.36. The Morgan fingerprint density at radius 1 is 1.20 bits per heavy atom. The lowest BCUT2D eigenvalue weighted by atomic mass is 9.87.